The van der Waals surface area contributed by atoms with Crippen LogP contribution in [-0.2, 0) is 0 Å². The maximum Gasteiger partial charge on any atom is 0.185 e. The first-order valence-corrected chi connectivity index (χ1v) is 7.04. The Morgan fingerprint density at radius 2 is 2.35 bits per heavy atom. The Bertz CT molecular complexity index is 363. The molecule has 2 atom stereocenters. The predicted octanol–water partition coefficient (Wildman–Crippen LogP) is 1.56. The average Bonchev–Trinajstić information content (AvgIpc) is 2.95. The van der Waals surface area contributed by atoms with Crippen LogP contribution in [-0.4, -0.2) is 50.2 Å². The van der Waals surface area contributed by atoms with Crippen LogP contribution in [0.25, 0.3) is 0 Å². The van der Waals surface area contributed by atoms with Gasteiger partial charge in [-0.2, -0.15) is 0 Å². The standard InChI is InChI=1S/C12H22N4S/c1-9(13-2)11-8-17-12(14-11)16-6-5-10(7-16)15(3)4/h8-10,13H,5-7H2,1-4H3. The monoisotopic (exact) mass is 254 g/mol. The summed E-state index contributed by atoms with van der Waals surface area (Å²) in [5.74, 6) is 0. The highest BCUT2D eigenvalue weighted by molar-refractivity contribution is 7.13. The molecule has 1 fully saturated rings. The molecule has 1 aliphatic rings. The molecule has 1 aliphatic heterocycles. The van der Waals surface area contributed by atoms with Gasteiger partial charge in [0, 0.05) is 30.6 Å². The van der Waals surface area contributed by atoms with Crippen LogP contribution in [0.3, 0.4) is 0 Å². The van der Waals surface area contributed by atoms with E-state index in [-0.39, 0.29) is 0 Å². The number of nitrogens with zero attached hydrogens (tertiary/aromatic N) is 3. The Balaban J connectivity index is 2.02. The van der Waals surface area contributed by atoms with Gasteiger partial charge in [-0.25, -0.2) is 4.98 Å². The number of aromatic nitrogens is 1. The van der Waals surface area contributed by atoms with Crippen LogP contribution < -0.4 is 10.2 Å². The van der Waals surface area contributed by atoms with Crippen molar-refractivity contribution in [1.82, 2.24) is 15.2 Å². The summed E-state index contributed by atoms with van der Waals surface area (Å²) in [6.45, 7) is 4.38. The number of likely N-dealkylation sites (N-methyl/N-ethyl adjacent to an activating group) is 1. The Morgan fingerprint density at radius 1 is 1.59 bits per heavy atom. The summed E-state index contributed by atoms with van der Waals surface area (Å²) >= 11 is 1.76. The van der Waals surface area contributed by atoms with Crippen molar-refractivity contribution in [2.24, 2.45) is 0 Å². The van der Waals surface area contributed by atoms with Crippen molar-refractivity contribution in [3.8, 4) is 0 Å². The Labute approximate surface area is 108 Å². The van der Waals surface area contributed by atoms with E-state index in [4.69, 9.17) is 4.98 Å². The average molecular weight is 254 g/mol. The Hall–Kier alpha value is -0.650. The van der Waals surface area contributed by atoms with Gasteiger partial charge in [0.25, 0.3) is 0 Å². The molecule has 17 heavy (non-hydrogen) atoms. The van der Waals surface area contributed by atoms with Crippen LogP contribution in [0, 0.1) is 0 Å². The third kappa shape index (κ3) is 2.78. The van der Waals surface area contributed by atoms with E-state index in [0.717, 1.165) is 18.8 Å². The number of anilines is 1. The molecule has 5 heteroatoms. The molecule has 96 valence electrons. The zero-order valence-corrected chi connectivity index (χ0v) is 11.9. The number of hydrogen-bond donors (Lipinski definition) is 1. The summed E-state index contributed by atoms with van der Waals surface area (Å²) < 4.78 is 0. The zero-order valence-electron chi connectivity index (χ0n) is 11.1. The molecule has 0 aromatic carbocycles. The van der Waals surface area contributed by atoms with Crippen molar-refractivity contribution in [2.75, 3.05) is 39.1 Å². The van der Waals surface area contributed by atoms with Gasteiger partial charge in [-0.15, -0.1) is 11.3 Å². The first-order valence-electron chi connectivity index (χ1n) is 6.16. The van der Waals surface area contributed by atoms with Crippen molar-refractivity contribution >= 4 is 16.5 Å². The lowest BCUT2D eigenvalue weighted by molar-refractivity contribution is 0.315. The lowest BCUT2D eigenvalue weighted by Crippen LogP contribution is -2.31. The van der Waals surface area contributed by atoms with Gasteiger partial charge in [0.05, 0.1) is 5.69 Å². The van der Waals surface area contributed by atoms with E-state index in [0.29, 0.717) is 12.1 Å². The van der Waals surface area contributed by atoms with Crippen molar-refractivity contribution < 1.29 is 0 Å². The molecule has 1 saturated heterocycles. The summed E-state index contributed by atoms with van der Waals surface area (Å²) in [6, 6.07) is 1.01. The summed E-state index contributed by atoms with van der Waals surface area (Å²) in [7, 11) is 6.29. The molecule has 1 N–H and O–H groups in total. The van der Waals surface area contributed by atoms with E-state index >= 15 is 0 Å². The number of thiazole rings is 1. The second kappa shape index (κ2) is 5.33. The van der Waals surface area contributed by atoms with E-state index in [1.54, 1.807) is 11.3 Å². The zero-order chi connectivity index (χ0) is 12.4. The number of nitrogens with one attached hydrogen (secondary N) is 1. The maximum atomic E-state index is 4.72. The molecule has 2 unspecified atom stereocenters. The van der Waals surface area contributed by atoms with Gasteiger partial charge >= 0.3 is 0 Å². The largest absolute Gasteiger partial charge is 0.346 e. The van der Waals surface area contributed by atoms with Crippen LogP contribution in [0.15, 0.2) is 5.38 Å². The Morgan fingerprint density at radius 3 is 2.94 bits per heavy atom. The highest BCUT2D eigenvalue weighted by Gasteiger charge is 2.26. The molecule has 0 amide bonds. The maximum absolute atomic E-state index is 4.72. The van der Waals surface area contributed by atoms with E-state index in [1.807, 2.05) is 7.05 Å². The van der Waals surface area contributed by atoms with Crippen LogP contribution in [0.4, 0.5) is 5.13 Å². The Kier molecular flexibility index (Phi) is 4.01. The summed E-state index contributed by atoms with van der Waals surface area (Å²) in [5.41, 5.74) is 1.15. The first-order chi connectivity index (χ1) is 8.11. The fraction of sp³-hybridized carbons (Fsp3) is 0.750. The lowest BCUT2D eigenvalue weighted by Gasteiger charge is -2.19. The third-order valence-electron chi connectivity index (χ3n) is 3.55. The molecular formula is C12H22N4S. The highest BCUT2D eigenvalue weighted by atomic mass is 32.1. The molecule has 4 nitrogen and oxygen atoms in total. The molecule has 1 aromatic heterocycles. The van der Waals surface area contributed by atoms with Crippen molar-refractivity contribution in [1.29, 1.82) is 0 Å². The molecule has 0 radical (unpaired) electrons. The minimum absolute atomic E-state index is 0.340. The predicted molar refractivity (Wildman–Crippen MR) is 73.9 cm³/mol. The van der Waals surface area contributed by atoms with E-state index in [1.165, 1.54) is 11.6 Å². The van der Waals surface area contributed by atoms with Crippen molar-refractivity contribution in [3.63, 3.8) is 0 Å². The van der Waals surface area contributed by atoms with E-state index in [9.17, 15) is 0 Å². The van der Waals surface area contributed by atoms with Crippen LogP contribution in [0.2, 0.25) is 0 Å². The van der Waals surface area contributed by atoms with Gasteiger partial charge in [-0.3, -0.25) is 0 Å². The third-order valence-corrected chi connectivity index (χ3v) is 4.47. The fourth-order valence-electron chi connectivity index (χ4n) is 2.11. The molecule has 0 aliphatic carbocycles. The second-order valence-electron chi connectivity index (χ2n) is 4.92. The smallest absolute Gasteiger partial charge is 0.185 e. The van der Waals surface area contributed by atoms with Crippen molar-refractivity contribution in [3.05, 3.63) is 11.1 Å². The quantitative estimate of drug-likeness (QED) is 0.883. The lowest BCUT2D eigenvalue weighted by atomic mass is 10.2. The summed E-state index contributed by atoms with van der Waals surface area (Å²) in [5, 5.41) is 6.57. The first kappa shape index (κ1) is 12.8. The van der Waals surface area contributed by atoms with Gasteiger partial charge in [0.2, 0.25) is 0 Å². The van der Waals surface area contributed by atoms with Crippen LogP contribution >= 0.6 is 11.3 Å². The van der Waals surface area contributed by atoms with Crippen LogP contribution in [0.1, 0.15) is 25.1 Å². The number of rotatable bonds is 4. The molecule has 2 rings (SSSR count). The van der Waals surface area contributed by atoms with Gasteiger partial charge in [-0.1, -0.05) is 0 Å². The normalized spacial score (nSPS) is 22.4. The van der Waals surface area contributed by atoms with E-state index in [2.05, 4.69) is 41.5 Å². The molecule has 0 saturated carbocycles. The fourth-order valence-corrected chi connectivity index (χ4v) is 3.06. The van der Waals surface area contributed by atoms with Gasteiger partial charge in [0.15, 0.2) is 5.13 Å². The second-order valence-corrected chi connectivity index (χ2v) is 5.75. The molecule has 1 aromatic rings. The van der Waals surface area contributed by atoms with Crippen molar-refractivity contribution in [2.45, 2.75) is 25.4 Å². The molecular weight excluding hydrogens is 232 g/mol. The minimum Gasteiger partial charge on any atom is -0.346 e. The summed E-state index contributed by atoms with van der Waals surface area (Å²) in [6.07, 6.45) is 1.24. The molecule has 0 spiro atoms. The minimum atomic E-state index is 0.340. The van der Waals surface area contributed by atoms with Crippen LogP contribution in [0.5, 0.6) is 0 Å². The van der Waals surface area contributed by atoms with E-state index < -0.39 is 0 Å². The van der Waals surface area contributed by atoms with Gasteiger partial charge in [0.1, 0.15) is 0 Å². The van der Waals surface area contributed by atoms with Gasteiger partial charge < -0.3 is 15.1 Å². The summed E-state index contributed by atoms with van der Waals surface area (Å²) in [4.78, 5) is 9.43. The highest BCUT2D eigenvalue weighted by Crippen LogP contribution is 2.27. The molecule has 2 heterocycles. The topological polar surface area (TPSA) is 31.4 Å². The SMILES string of the molecule is CNC(C)c1csc(N2CCC(N(C)C)C2)n1. The number of hydrogen-bond acceptors (Lipinski definition) is 5. The molecule has 0 bridgehead atoms. The van der Waals surface area contributed by atoms with Gasteiger partial charge in [-0.05, 0) is 34.5 Å².